The van der Waals surface area contributed by atoms with E-state index >= 15 is 0 Å². The van der Waals surface area contributed by atoms with Crippen molar-refractivity contribution in [2.24, 2.45) is 0 Å². The van der Waals surface area contributed by atoms with E-state index in [0.29, 0.717) is 12.1 Å². The third-order valence-electron chi connectivity index (χ3n) is 4.24. The summed E-state index contributed by atoms with van der Waals surface area (Å²) in [5, 5.41) is 0. The Kier molecular flexibility index (Phi) is 2.96. The van der Waals surface area contributed by atoms with Gasteiger partial charge in [0.05, 0.1) is 11.3 Å². The summed E-state index contributed by atoms with van der Waals surface area (Å²) in [7, 11) is 0. The molecular weight excluding hydrogens is 274 g/mol. The minimum absolute atomic E-state index is 0.0859. The molecule has 110 valence electrons. The number of rotatable bonds is 1. The number of benzene rings is 1. The van der Waals surface area contributed by atoms with Crippen molar-refractivity contribution in [1.29, 1.82) is 0 Å². The fourth-order valence-corrected chi connectivity index (χ4v) is 3.10. The van der Waals surface area contributed by atoms with Crippen molar-refractivity contribution in [3.8, 4) is 0 Å². The summed E-state index contributed by atoms with van der Waals surface area (Å²) < 4.78 is 1.92. The van der Waals surface area contributed by atoms with Crippen LogP contribution in [0.4, 0.5) is 0 Å². The molecule has 1 aliphatic heterocycles. The Hall–Kier alpha value is -2.62. The standard InChI is InChI=1S/C18H17N3O/c1-13-10-21-12-16(6-7-17(21)19-13)18(22)20-9-8-14-4-2-3-5-15(14)11-20/h2-7,10,12H,8-9,11H2,1H3. The van der Waals surface area contributed by atoms with E-state index < -0.39 is 0 Å². The van der Waals surface area contributed by atoms with Gasteiger partial charge in [-0.05, 0) is 36.6 Å². The molecule has 0 spiro atoms. The van der Waals surface area contributed by atoms with Crippen molar-refractivity contribution in [2.75, 3.05) is 6.54 Å². The number of carbonyl (C=O) groups excluding carboxylic acids is 1. The molecule has 0 N–H and O–H groups in total. The summed E-state index contributed by atoms with van der Waals surface area (Å²) in [6.07, 6.45) is 4.74. The van der Waals surface area contributed by atoms with Gasteiger partial charge in [-0.2, -0.15) is 0 Å². The Bertz CT molecular complexity index is 866. The molecule has 0 radical (unpaired) electrons. The highest BCUT2D eigenvalue weighted by molar-refractivity contribution is 5.94. The first-order valence-corrected chi connectivity index (χ1v) is 7.52. The molecule has 3 heterocycles. The number of aromatic nitrogens is 2. The monoisotopic (exact) mass is 291 g/mol. The smallest absolute Gasteiger partial charge is 0.255 e. The molecule has 4 heteroatoms. The third kappa shape index (κ3) is 2.17. The molecule has 0 aliphatic carbocycles. The molecule has 1 amide bonds. The number of fused-ring (bicyclic) bond motifs is 2. The molecule has 1 aliphatic rings. The van der Waals surface area contributed by atoms with Crippen molar-refractivity contribution in [1.82, 2.24) is 14.3 Å². The van der Waals surface area contributed by atoms with Crippen LogP contribution in [0, 0.1) is 6.92 Å². The van der Waals surface area contributed by atoms with Crippen LogP contribution in [0.3, 0.4) is 0 Å². The summed E-state index contributed by atoms with van der Waals surface area (Å²) in [6, 6.07) is 12.1. The number of pyridine rings is 1. The summed E-state index contributed by atoms with van der Waals surface area (Å²) >= 11 is 0. The lowest BCUT2D eigenvalue weighted by atomic mass is 9.99. The molecule has 0 fully saturated rings. The lowest BCUT2D eigenvalue weighted by Gasteiger charge is -2.28. The molecule has 2 aromatic heterocycles. The highest BCUT2D eigenvalue weighted by Gasteiger charge is 2.21. The third-order valence-corrected chi connectivity index (χ3v) is 4.24. The van der Waals surface area contributed by atoms with E-state index in [9.17, 15) is 4.79 Å². The van der Waals surface area contributed by atoms with Gasteiger partial charge in [-0.25, -0.2) is 4.98 Å². The van der Waals surface area contributed by atoms with Gasteiger partial charge in [-0.3, -0.25) is 4.79 Å². The van der Waals surface area contributed by atoms with Gasteiger partial charge in [-0.1, -0.05) is 24.3 Å². The van der Waals surface area contributed by atoms with Gasteiger partial charge in [0.1, 0.15) is 5.65 Å². The molecule has 0 saturated heterocycles. The molecule has 22 heavy (non-hydrogen) atoms. The summed E-state index contributed by atoms with van der Waals surface area (Å²) in [5.41, 5.74) is 5.15. The second kappa shape index (κ2) is 4.98. The first kappa shape index (κ1) is 13.1. The normalized spacial score (nSPS) is 14.1. The Morgan fingerprint density at radius 1 is 1.09 bits per heavy atom. The molecule has 3 aromatic rings. The molecule has 0 saturated carbocycles. The first-order valence-electron chi connectivity index (χ1n) is 7.52. The molecule has 0 unspecified atom stereocenters. The van der Waals surface area contributed by atoms with Crippen LogP contribution in [0.15, 0.2) is 48.8 Å². The van der Waals surface area contributed by atoms with E-state index in [0.717, 1.165) is 24.3 Å². The first-order chi connectivity index (χ1) is 10.7. The summed E-state index contributed by atoms with van der Waals surface area (Å²) in [4.78, 5) is 19.1. The van der Waals surface area contributed by atoms with Gasteiger partial charge in [0.2, 0.25) is 0 Å². The molecular formula is C18H17N3O. The van der Waals surface area contributed by atoms with Crippen LogP contribution in [0.1, 0.15) is 27.2 Å². The number of aryl methyl sites for hydroxylation is 1. The van der Waals surface area contributed by atoms with Crippen LogP contribution in [0.5, 0.6) is 0 Å². The Labute approximate surface area is 129 Å². The van der Waals surface area contributed by atoms with Gasteiger partial charge in [-0.15, -0.1) is 0 Å². The zero-order valence-electron chi connectivity index (χ0n) is 12.5. The zero-order valence-corrected chi connectivity index (χ0v) is 12.5. The molecule has 0 atom stereocenters. The van der Waals surface area contributed by atoms with Gasteiger partial charge >= 0.3 is 0 Å². The minimum atomic E-state index is 0.0859. The van der Waals surface area contributed by atoms with Crippen LogP contribution in [0.25, 0.3) is 5.65 Å². The zero-order chi connectivity index (χ0) is 15.1. The highest BCUT2D eigenvalue weighted by atomic mass is 16.2. The quantitative estimate of drug-likeness (QED) is 0.691. The van der Waals surface area contributed by atoms with E-state index in [4.69, 9.17) is 0 Å². The highest BCUT2D eigenvalue weighted by Crippen LogP contribution is 2.20. The maximum Gasteiger partial charge on any atom is 0.255 e. The van der Waals surface area contributed by atoms with Crippen LogP contribution in [0.2, 0.25) is 0 Å². The average molecular weight is 291 g/mol. The van der Waals surface area contributed by atoms with Crippen molar-refractivity contribution >= 4 is 11.6 Å². The fraction of sp³-hybridized carbons (Fsp3) is 0.222. The SMILES string of the molecule is Cc1cn2cc(C(=O)N3CCc4ccccc4C3)ccc2n1. The second-order valence-electron chi connectivity index (χ2n) is 5.81. The second-order valence-corrected chi connectivity index (χ2v) is 5.81. The number of nitrogens with zero attached hydrogens (tertiary/aromatic N) is 3. The fourth-order valence-electron chi connectivity index (χ4n) is 3.10. The predicted octanol–water partition coefficient (Wildman–Crippen LogP) is 2.84. The average Bonchev–Trinajstić information content (AvgIpc) is 2.92. The summed E-state index contributed by atoms with van der Waals surface area (Å²) in [5.74, 6) is 0.0859. The van der Waals surface area contributed by atoms with E-state index in [-0.39, 0.29) is 5.91 Å². The molecule has 1 aromatic carbocycles. The molecule has 4 rings (SSSR count). The maximum absolute atomic E-state index is 12.8. The van der Waals surface area contributed by atoms with Gasteiger partial charge in [0.15, 0.2) is 0 Å². The topological polar surface area (TPSA) is 37.6 Å². The van der Waals surface area contributed by atoms with Gasteiger partial charge in [0.25, 0.3) is 5.91 Å². The number of hydrogen-bond acceptors (Lipinski definition) is 2. The van der Waals surface area contributed by atoms with Crippen molar-refractivity contribution in [3.63, 3.8) is 0 Å². The maximum atomic E-state index is 12.8. The lowest BCUT2D eigenvalue weighted by molar-refractivity contribution is 0.0734. The van der Waals surface area contributed by atoms with Gasteiger partial charge < -0.3 is 9.30 Å². The number of imidazole rings is 1. The number of hydrogen-bond donors (Lipinski definition) is 0. The summed E-state index contributed by atoms with van der Waals surface area (Å²) in [6.45, 7) is 3.42. The minimum Gasteiger partial charge on any atom is -0.334 e. The van der Waals surface area contributed by atoms with E-state index in [1.165, 1.54) is 11.1 Å². The van der Waals surface area contributed by atoms with E-state index in [2.05, 4.69) is 23.2 Å². The Morgan fingerprint density at radius 3 is 2.77 bits per heavy atom. The Balaban J connectivity index is 1.63. The van der Waals surface area contributed by atoms with E-state index in [1.807, 2.05) is 46.8 Å². The molecule has 4 nitrogen and oxygen atoms in total. The number of carbonyl (C=O) groups is 1. The van der Waals surface area contributed by atoms with Crippen molar-refractivity contribution < 1.29 is 4.79 Å². The predicted molar refractivity (Wildman–Crippen MR) is 84.8 cm³/mol. The van der Waals surface area contributed by atoms with E-state index in [1.54, 1.807) is 0 Å². The van der Waals surface area contributed by atoms with Crippen molar-refractivity contribution in [2.45, 2.75) is 19.9 Å². The molecule has 0 bridgehead atoms. The van der Waals surface area contributed by atoms with Gasteiger partial charge in [0, 0.05) is 25.5 Å². The van der Waals surface area contributed by atoms with Crippen LogP contribution < -0.4 is 0 Å². The van der Waals surface area contributed by atoms with Crippen LogP contribution in [-0.2, 0) is 13.0 Å². The van der Waals surface area contributed by atoms with Crippen LogP contribution >= 0.6 is 0 Å². The van der Waals surface area contributed by atoms with Crippen LogP contribution in [-0.4, -0.2) is 26.7 Å². The largest absolute Gasteiger partial charge is 0.334 e. The Morgan fingerprint density at radius 2 is 1.91 bits per heavy atom. The number of amides is 1. The van der Waals surface area contributed by atoms with Crippen molar-refractivity contribution in [3.05, 3.63) is 71.2 Å². The lowest BCUT2D eigenvalue weighted by Crippen LogP contribution is -2.36.